The average Bonchev–Trinajstić information content (AvgIpc) is 2.28. The van der Waals surface area contributed by atoms with Crippen molar-refractivity contribution in [3.8, 4) is 5.75 Å². The van der Waals surface area contributed by atoms with Gasteiger partial charge in [-0.15, -0.1) is 0 Å². The van der Waals surface area contributed by atoms with Crippen LogP contribution in [-0.4, -0.2) is 37.3 Å². The van der Waals surface area contributed by atoms with Crippen LogP contribution in [0.25, 0.3) is 0 Å². The summed E-state index contributed by atoms with van der Waals surface area (Å²) in [5.41, 5.74) is 0.723. The highest BCUT2D eigenvalue weighted by Crippen LogP contribution is 2.15. The topological polar surface area (TPSA) is 70.6 Å². The van der Waals surface area contributed by atoms with Crippen LogP contribution in [0.15, 0.2) is 24.3 Å². The molecule has 1 amide bonds. The van der Waals surface area contributed by atoms with E-state index in [-0.39, 0.29) is 12.5 Å². The number of anilines is 1. The number of nitrogens with one attached hydrogen (secondary N) is 2. The van der Waals surface area contributed by atoms with Crippen molar-refractivity contribution in [1.82, 2.24) is 5.32 Å². The highest BCUT2D eigenvalue weighted by Gasteiger charge is 2.03. The van der Waals surface area contributed by atoms with Gasteiger partial charge in [0.1, 0.15) is 18.5 Å². The molecule has 0 saturated heterocycles. The predicted octanol–water partition coefficient (Wildman–Crippen LogP) is 0.604. The maximum Gasteiger partial charge on any atom is 0.221 e. The van der Waals surface area contributed by atoms with Crippen LogP contribution < -0.4 is 15.4 Å². The normalized spacial score (nSPS) is 11.9. The largest absolute Gasteiger partial charge is 0.491 e. The molecule has 3 N–H and O–H groups in total. The summed E-state index contributed by atoms with van der Waals surface area (Å²) in [6, 6.07) is 7.00. The molecule has 5 heteroatoms. The Balaban J connectivity index is 2.42. The lowest BCUT2D eigenvalue weighted by Crippen LogP contribution is -2.29. The van der Waals surface area contributed by atoms with Crippen molar-refractivity contribution >= 4 is 11.6 Å². The molecule has 0 aliphatic carbocycles. The van der Waals surface area contributed by atoms with E-state index in [0.29, 0.717) is 12.3 Å². The first kappa shape index (κ1) is 13.5. The van der Waals surface area contributed by atoms with E-state index in [1.165, 1.54) is 6.92 Å². The molecule has 1 aromatic carbocycles. The van der Waals surface area contributed by atoms with Crippen molar-refractivity contribution in [2.75, 3.05) is 25.5 Å². The monoisotopic (exact) mass is 238 g/mol. The van der Waals surface area contributed by atoms with Crippen LogP contribution in [0, 0.1) is 0 Å². The molecule has 0 spiro atoms. The van der Waals surface area contributed by atoms with Crippen LogP contribution in [-0.2, 0) is 4.79 Å². The SMILES string of the molecule is CNCC(O)COc1ccc(NC(C)=O)cc1. The summed E-state index contributed by atoms with van der Waals surface area (Å²) >= 11 is 0. The number of carbonyl (C=O) groups excluding carboxylic acids is 1. The van der Waals surface area contributed by atoms with Crippen LogP contribution in [0.2, 0.25) is 0 Å². The molecule has 1 unspecified atom stereocenters. The number of ether oxygens (including phenoxy) is 1. The van der Waals surface area contributed by atoms with Gasteiger partial charge in [-0.25, -0.2) is 0 Å². The number of rotatable bonds is 6. The Labute approximate surface area is 101 Å². The summed E-state index contributed by atoms with van der Waals surface area (Å²) in [6.45, 7) is 2.18. The summed E-state index contributed by atoms with van der Waals surface area (Å²) in [5, 5.41) is 15.0. The van der Waals surface area contributed by atoms with Gasteiger partial charge in [0.15, 0.2) is 0 Å². The van der Waals surface area contributed by atoms with Gasteiger partial charge in [0.05, 0.1) is 0 Å². The Hall–Kier alpha value is -1.59. The summed E-state index contributed by atoms with van der Waals surface area (Å²) in [5.74, 6) is 0.553. The number of likely N-dealkylation sites (N-methyl/N-ethyl adjacent to an activating group) is 1. The van der Waals surface area contributed by atoms with E-state index in [4.69, 9.17) is 4.74 Å². The fraction of sp³-hybridized carbons (Fsp3) is 0.417. The highest BCUT2D eigenvalue weighted by atomic mass is 16.5. The molecule has 0 heterocycles. The molecule has 0 bridgehead atoms. The van der Waals surface area contributed by atoms with Crippen LogP contribution in [0.5, 0.6) is 5.75 Å². The smallest absolute Gasteiger partial charge is 0.221 e. The van der Waals surface area contributed by atoms with Crippen LogP contribution in [0.1, 0.15) is 6.92 Å². The van der Waals surface area contributed by atoms with Gasteiger partial charge >= 0.3 is 0 Å². The summed E-state index contributed by atoms with van der Waals surface area (Å²) in [6.07, 6.45) is -0.532. The van der Waals surface area contributed by atoms with Crippen LogP contribution in [0.4, 0.5) is 5.69 Å². The minimum Gasteiger partial charge on any atom is -0.491 e. The van der Waals surface area contributed by atoms with Gasteiger partial charge in [0.2, 0.25) is 5.91 Å². The lowest BCUT2D eigenvalue weighted by Gasteiger charge is -2.12. The number of hydrogen-bond acceptors (Lipinski definition) is 4. The first-order valence-corrected chi connectivity index (χ1v) is 5.45. The minimum absolute atomic E-state index is 0.108. The number of aliphatic hydroxyl groups is 1. The molecule has 1 aromatic rings. The van der Waals surface area contributed by atoms with Crippen molar-refractivity contribution in [1.29, 1.82) is 0 Å². The molecule has 0 saturated carbocycles. The maximum atomic E-state index is 10.8. The van der Waals surface area contributed by atoms with E-state index < -0.39 is 6.10 Å². The zero-order valence-electron chi connectivity index (χ0n) is 10.1. The zero-order valence-corrected chi connectivity index (χ0v) is 10.1. The molecule has 1 rings (SSSR count). The molecule has 0 aromatic heterocycles. The van der Waals surface area contributed by atoms with E-state index in [1.807, 2.05) is 0 Å². The lowest BCUT2D eigenvalue weighted by molar-refractivity contribution is -0.114. The predicted molar refractivity (Wildman–Crippen MR) is 66.2 cm³/mol. The Morgan fingerprint density at radius 3 is 2.59 bits per heavy atom. The van der Waals surface area contributed by atoms with Gasteiger partial charge in [-0.05, 0) is 31.3 Å². The van der Waals surface area contributed by atoms with Crippen molar-refractivity contribution in [3.63, 3.8) is 0 Å². The second-order valence-electron chi connectivity index (χ2n) is 3.73. The molecule has 0 aliphatic rings. The zero-order chi connectivity index (χ0) is 12.7. The quantitative estimate of drug-likeness (QED) is 0.679. The molecule has 0 fully saturated rings. The molecule has 0 radical (unpaired) electrons. The molecule has 0 aliphatic heterocycles. The lowest BCUT2D eigenvalue weighted by atomic mass is 10.3. The van der Waals surface area contributed by atoms with Crippen molar-refractivity contribution < 1.29 is 14.6 Å². The summed E-state index contributed by atoms with van der Waals surface area (Å²) in [4.78, 5) is 10.8. The van der Waals surface area contributed by atoms with Gasteiger partial charge in [-0.2, -0.15) is 0 Å². The first-order valence-electron chi connectivity index (χ1n) is 5.45. The summed E-state index contributed by atoms with van der Waals surface area (Å²) in [7, 11) is 1.77. The van der Waals surface area contributed by atoms with E-state index in [9.17, 15) is 9.90 Å². The van der Waals surface area contributed by atoms with E-state index >= 15 is 0 Å². The molecule has 94 valence electrons. The third-order valence-electron chi connectivity index (χ3n) is 2.06. The number of carbonyl (C=O) groups is 1. The molecule has 1 atom stereocenters. The molecular formula is C12H18N2O3. The van der Waals surface area contributed by atoms with Crippen molar-refractivity contribution in [2.24, 2.45) is 0 Å². The van der Waals surface area contributed by atoms with Gasteiger partial charge in [0.25, 0.3) is 0 Å². The second kappa shape index (κ2) is 6.88. The Bertz CT molecular complexity index is 351. The minimum atomic E-state index is -0.532. The van der Waals surface area contributed by atoms with Gasteiger partial charge in [0, 0.05) is 19.2 Å². The van der Waals surface area contributed by atoms with Crippen LogP contribution in [0.3, 0.4) is 0 Å². The molecule has 5 nitrogen and oxygen atoms in total. The van der Waals surface area contributed by atoms with E-state index in [0.717, 1.165) is 5.69 Å². The number of aliphatic hydroxyl groups excluding tert-OH is 1. The highest BCUT2D eigenvalue weighted by molar-refractivity contribution is 5.88. The number of benzene rings is 1. The Morgan fingerprint density at radius 1 is 1.41 bits per heavy atom. The standard InChI is InChI=1S/C12H18N2O3/c1-9(15)14-10-3-5-12(6-4-10)17-8-11(16)7-13-2/h3-6,11,13,16H,7-8H2,1-2H3,(H,14,15). The van der Waals surface area contributed by atoms with E-state index in [1.54, 1.807) is 31.3 Å². The van der Waals surface area contributed by atoms with Crippen LogP contribution >= 0.6 is 0 Å². The Morgan fingerprint density at radius 2 is 2.06 bits per heavy atom. The molecule has 17 heavy (non-hydrogen) atoms. The second-order valence-corrected chi connectivity index (χ2v) is 3.73. The third kappa shape index (κ3) is 5.33. The number of hydrogen-bond donors (Lipinski definition) is 3. The van der Waals surface area contributed by atoms with Crippen molar-refractivity contribution in [2.45, 2.75) is 13.0 Å². The number of amides is 1. The van der Waals surface area contributed by atoms with E-state index in [2.05, 4.69) is 10.6 Å². The van der Waals surface area contributed by atoms with Gasteiger partial charge in [-0.3, -0.25) is 4.79 Å². The summed E-state index contributed by atoms with van der Waals surface area (Å²) < 4.78 is 5.38. The fourth-order valence-electron chi connectivity index (χ4n) is 1.32. The Kier molecular flexibility index (Phi) is 5.45. The third-order valence-corrected chi connectivity index (χ3v) is 2.06. The van der Waals surface area contributed by atoms with Gasteiger partial charge < -0.3 is 20.5 Å². The average molecular weight is 238 g/mol. The maximum absolute atomic E-state index is 10.8. The first-order chi connectivity index (χ1) is 8.11. The fourth-order valence-corrected chi connectivity index (χ4v) is 1.32. The van der Waals surface area contributed by atoms with Crippen molar-refractivity contribution in [3.05, 3.63) is 24.3 Å². The van der Waals surface area contributed by atoms with Gasteiger partial charge in [-0.1, -0.05) is 0 Å². The molecular weight excluding hydrogens is 220 g/mol.